The summed E-state index contributed by atoms with van der Waals surface area (Å²) in [6.45, 7) is 0.0311. The van der Waals surface area contributed by atoms with E-state index < -0.39 is 5.97 Å². The Morgan fingerprint density at radius 1 is 1.30 bits per heavy atom. The SMILES string of the molecule is O=C(COC(=O)c1ccccc1NCCO)NC1CC1. The summed E-state index contributed by atoms with van der Waals surface area (Å²) in [5, 5.41) is 14.5. The predicted octanol–water partition coefficient (Wildman–Crippen LogP) is 0.526. The van der Waals surface area contributed by atoms with Crippen LogP contribution in [0.2, 0.25) is 0 Å². The minimum atomic E-state index is -0.558. The molecule has 1 aliphatic carbocycles. The van der Waals surface area contributed by atoms with Crippen LogP contribution < -0.4 is 10.6 Å². The molecule has 0 bridgehead atoms. The fraction of sp³-hybridized carbons (Fsp3) is 0.429. The Kier molecular flexibility index (Phi) is 4.95. The highest BCUT2D eigenvalue weighted by Crippen LogP contribution is 2.18. The van der Waals surface area contributed by atoms with E-state index >= 15 is 0 Å². The van der Waals surface area contributed by atoms with Crippen molar-refractivity contribution >= 4 is 17.6 Å². The van der Waals surface area contributed by atoms with Crippen LogP contribution in [0.15, 0.2) is 24.3 Å². The van der Waals surface area contributed by atoms with Crippen LogP contribution in [-0.2, 0) is 9.53 Å². The predicted molar refractivity (Wildman–Crippen MR) is 73.5 cm³/mol. The van der Waals surface area contributed by atoms with Crippen LogP contribution in [0.3, 0.4) is 0 Å². The molecule has 1 saturated carbocycles. The maximum atomic E-state index is 11.9. The second kappa shape index (κ2) is 6.91. The number of rotatable bonds is 7. The first kappa shape index (κ1) is 14.3. The maximum absolute atomic E-state index is 11.9. The molecule has 20 heavy (non-hydrogen) atoms. The Morgan fingerprint density at radius 3 is 2.75 bits per heavy atom. The number of amides is 1. The van der Waals surface area contributed by atoms with Gasteiger partial charge in [-0.25, -0.2) is 4.79 Å². The van der Waals surface area contributed by atoms with Gasteiger partial charge in [0.05, 0.1) is 12.2 Å². The summed E-state index contributed by atoms with van der Waals surface area (Å²) in [7, 11) is 0. The molecule has 0 aromatic heterocycles. The molecule has 1 amide bonds. The summed E-state index contributed by atoms with van der Waals surface area (Å²) >= 11 is 0. The number of esters is 1. The summed E-state index contributed by atoms with van der Waals surface area (Å²) < 4.78 is 4.99. The molecular formula is C14H18N2O4. The largest absolute Gasteiger partial charge is 0.452 e. The van der Waals surface area contributed by atoms with Crippen molar-refractivity contribution in [3.8, 4) is 0 Å². The molecule has 0 aliphatic heterocycles. The van der Waals surface area contributed by atoms with Gasteiger partial charge in [0, 0.05) is 18.3 Å². The molecule has 6 nitrogen and oxygen atoms in total. The van der Waals surface area contributed by atoms with E-state index in [9.17, 15) is 9.59 Å². The van der Waals surface area contributed by atoms with E-state index in [1.807, 2.05) is 0 Å². The molecule has 1 fully saturated rings. The molecule has 6 heteroatoms. The molecule has 1 aliphatic rings. The summed E-state index contributed by atoms with van der Waals surface area (Å²) in [5.41, 5.74) is 0.925. The van der Waals surface area contributed by atoms with Crippen molar-refractivity contribution in [2.45, 2.75) is 18.9 Å². The molecule has 0 spiro atoms. The van der Waals surface area contributed by atoms with Gasteiger partial charge in [-0.15, -0.1) is 0 Å². The minimum absolute atomic E-state index is 0.0345. The molecule has 0 saturated heterocycles. The second-order valence-electron chi connectivity index (χ2n) is 4.61. The molecule has 0 atom stereocenters. The van der Waals surface area contributed by atoms with Gasteiger partial charge in [-0.3, -0.25) is 4.79 Å². The quantitative estimate of drug-likeness (QED) is 0.633. The van der Waals surface area contributed by atoms with Crippen molar-refractivity contribution in [3.63, 3.8) is 0 Å². The Morgan fingerprint density at radius 2 is 2.05 bits per heavy atom. The highest BCUT2D eigenvalue weighted by molar-refractivity contribution is 5.96. The van der Waals surface area contributed by atoms with E-state index in [-0.39, 0.29) is 25.2 Å². The number of benzene rings is 1. The average Bonchev–Trinajstić information content (AvgIpc) is 3.26. The molecule has 0 unspecified atom stereocenters. The van der Waals surface area contributed by atoms with Crippen LogP contribution in [0, 0.1) is 0 Å². The van der Waals surface area contributed by atoms with E-state index in [1.165, 1.54) is 0 Å². The number of ether oxygens (including phenoxy) is 1. The fourth-order valence-corrected chi connectivity index (χ4v) is 1.71. The van der Waals surface area contributed by atoms with Gasteiger partial charge in [-0.05, 0) is 25.0 Å². The number of carbonyl (C=O) groups excluding carboxylic acids is 2. The minimum Gasteiger partial charge on any atom is -0.452 e. The van der Waals surface area contributed by atoms with E-state index in [0.717, 1.165) is 12.8 Å². The highest BCUT2D eigenvalue weighted by Gasteiger charge is 2.23. The average molecular weight is 278 g/mol. The second-order valence-corrected chi connectivity index (χ2v) is 4.61. The number of carbonyl (C=O) groups is 2. The van der Waals surface area contributed by atoms with Gasteiger partial charge >= 0.3 is 5.97 Å². The Labute approximate surface area is 117 Å². The standard InChI is InChI=1S/C14H18N2O4/c17-8-7-15-12-4-2-1-3-11(12)14(19)20-9-13(18)16-10-5-6-10/h1-4,10,15,17H,5-9H2,(H,16,18). The van der Waals surface area contributed by atoms with Crippen molar-refractivity contribution < 1.29 is 19.4 Å². The molecule has 0 heterocycles. The van der Waals surface area contributed by atoms with Gasteiger partial charge in [0.2, 0.25) is 0 Å². The number of nitrogens with one attached hydrogen (secondary N) is 2. The zero-order valence-electron chi connectivity index (χ0n) is 11.1. The Hall–Kier alpha value is -2.08. The summed E-state index contributed by atoms with van der Waals surface area (Å²) in [4.78, 5) is 23.4. The van der Waals surface area contributed by atoms with Gasteiger partial charge in [0.25, 0.3) is 5.91 Å². The normalized spacial score (nSPS) is 13.7. The first-order valence-corrected chi connectivity index (χ1v) is 6.61. The van der Waals surface area contributed by atoms with Gasteiger partial charge in [-0.2, -0.15) is 0 Å². The van der Waals surface area contributed by atoms with E-state index in [4.69, 9.17) is 9.84 Å². The van der Waals surface area contributed by atoms with E-state index in [1.54, 1.807) is 24.3 Å². The number of hydrogen-bond acceptors (Lipinski definition) is 5. The Balaban J connectivity index is 1.88. The van der Waals surface area contributed by atoms with Crippen LogP contribution in [0.5, 0.6) is 0 Å². The monoisotopic (exact) mass is 278 g/mol. The molecule has 2 rings (SSSR count). The highest BCUT2D eigenvalue weighted by atomic mass is 16.5. The summed E-state index contributed by atoms with van der Waals surface area (Å²) in [6.07, 6.45) is 1.99. The van der Waals surface area contributed by atoms with Gasteiger partial charge in [-0.1, -0.05) is 12.1 Å². The third-order valence-electron chi connectivity index (χ3n) is 2.85. The lowest BCUT2D eigenvalue weighted by Gasteiger charge is -2.10. The topological polar surface area (TPSA) is 87.7 Å². The number of aliphatic hydroxyl groups is 1. The maximum Gasteiger partial charge on any atom is 0.340 e. The van der Waals surface area contributed by atoms with Crippen LogP contribution in [0.1, 0.15) is 23.2 Å². The van der Waals surface area contributed by atoms with Gasteiger partial charge in [0.1, 0.15) is 0 Å². The van der Waals surface area contributed by atoms with Crippen molar-refractivity contribution in [2.75, 3.05) is 25.1 Å². The summed E-state index contributed by atoms with van der Waals surface area (Å²) in [6, 6.07) is 7.07. The zero-order valence-corrected chi connectivity index (χ0v) is 11.1. The molecule has 1 aromatic rings. The fourth-order valence-electron chi connectivity index (χ4n) is 1.71. The lowest BCUT2D eigenvalue weighted by atomic mass is 10.2. The number of aliphatic hydroxyl groups excluding tert-OH is 1. The molecule has 108 valence electrons. The van der Waals surface area contributed by atoms with E-state index in [0.29, 0.717) is 17.8 Å². The number of para-hydroxylation sites is 1. The number of hydrogen-bond donors (Lipinski definition) is 3. The number of anilines is 1. The first-order chi connectivity index (χ1) is 9.70. The third kappa shape index (κ3) is 4.24. The molecular weight excluding hydrogens is 260 g/mol. The van der Waals surface area contributed by atoms with E-state index in [2.05, 4.69) is 10.6 Å². The smallest absolute Gasteiger partial charge is 0.340 e. The van der Waals surface area contributed by atoms with Crippen molar-refractivity contribution in [3.05, 3.63) is 29.8 Å². The zero-order chi connectivity index (χ0) is 14.4. The molecule has 3 N–H and O–H groups in total. The third-order valence-corrected chi connectivity index (χ3v) is 2.85. The first-order valence-electron chi connectivity index (χ1n) is 6.61. The van der Waals surface area contributed by atoms with Crippen LogP contribution in [-0.4, -0.2) is 42.8 Å². The van der Waals surface area contributed by atoms with Crippen molar-refractivity contribution in [2.24, 2.45) is 0 Å². The van der Waals surface area contributed by atoms with Gasteiger partial charge < -0.3 is 20.5 Å². The lowest BCUT2D eigenvalue weighted by Crippen LogP contribution is -2.30. The lowest BCUT2D eigenvalue weighted by molar-refractivity contribution is -0.124. The molecule has 1 aromatic carbocycles. The molecule has 0 radical (unpaired) electrons. The van der Waals surface area contributed by atoms with Gasteiger partial charge in [0.15, 0.2) is 6.61 Å². The van der Waals surface area contributed by atoms with Crippen LogP contribution in [0.4, 0.5) is 5.69 Å². The Bertz CT molecular complexity index is 486. The van der Waals surface area contributed by atoms with Crippen LogP contribution >= 0.6 is 0 Å². The van der Waals surface area contributed by atoms with Crippen molar-refractivity contribution in [1.29, 1.82) is 0 Å². The summed E-state index contributed by atoms with van der Waals surface area (Å²) in [5.74, 6) is -0.835. The van der Waals surface area contributed by atoms with Crippen LogP contribution in [0.25, 0.3) is 0 Å². The van der Waals surface area contributed by atoms with Crippen molar-refractivity contribution in [1.82, 2.24) is 5.32 Å².